The standard InChI is InChI=1S/C15H24ClNO2/c1-6-13(7-2)17(9-8-16)15(18)14-10(3)11(4)19-12(14)5/h13H,6-9H2,1-5H3. The smallest absolute Gasteiger partial charge is 0.257 e. The minimum atomic E-state index is 0.0428. The van der Waals surface area contributed by atoms with Gasteiger partial charge in [-0.25, -0.2) is 0 Å². The minimum Gasteiger partial charge on any atom is -0.466 e. The summed E-state index contributed by atoms with van der Waals surface area (Å²) < 4.78 is 5.56. The van der Waals surface area contributed by atoms with Crippen LogP contribution >= 0.6 is 11.6 Å². The fourth-order valence-corrected chi connectivity index (χ4v) is 2.70. The predicted molar refractivity (Wildman–Crippen MR) is 79.0 cm³/mol. The van der Waals surface area contributed by atoms with Crippen molar-refractivity contribution in [3.8, 4) is 0 Å². The molecule has 1 rings (SSSR count). The van der Waals surface area contributed by atoms with Gasteiger partial charge < -0.3 is 9.32 Å². The Balaban J connectivity index is 3.12. The Bertz CT molecular complexity index is 436. The fraction of sp³-hybridized carbons (Fsp3) is 0.667. The third-order valence-corrected chi connectivity index (χ3v) is 3.91. The third kappa shape index (κ3) is 3.33. The summed E-state index contributed by atoms with van der Waals surface area (Å²) in [5.74, 6) is 2.01. The summed E-state index contributed by atoms with van der Waals surface area (Å²) in [5, 5.41) is 0. The van der Waals surface area contributed by atoms with Gasteiger partial charge >= 0.3 is 0 Å². The summed E-state index contributed by atoms with van der Waals surface area (Å²) in [6.07, 6.45) is 1.88. The van der Waals surface area contributed by atoms with E-state index < -0.39 is 0 Å². The molecule has 4 heteroatoms. The molecule has 108 valence electrons. The molecule has 0 saturated heterocycles. The van der Waals surface area contributed by atoms with Gasteiger partial charge in [0.25, 0.3) is 5.91 Å². The molecule has 0 spiro atoms. The van der Waals surface area contributed by atoms with Crippen LogP contribution < -0.4 is 0 Å². The van der Waals surface area contributed by atoms with Crippen LogP contribution in [-0.4, -0.2) is 29.3 Å². The van der Waals surface area contributed by atoms with E-state index in [4.69, 9.17) is 16.0 Å². The van der Waals surface area contributed by atoms with Crippen molar-refractivity contribution in [1.29, 1.82) is 0 Å². The topological polar surface area (TPSA) is 33.5 Å². The number of amides is 1. The molecule has 0 aliphatic rings. The van der Waals surface area contributed by atoms with E-state index in [1.54, 1.807) is 0 Å². The monoisotopic (exact) mass is 285 g/mol. The first kappa shape index (κ1) is 16.1. The van der Waals surface area contributed by atoms with E-state index in [9.17, 15) is 4.79 Å². The summed E-state index contributed by atoms with van der Waals surface area (Å²) in [6.45, 7) is 10.5. The lowest BCUT2D eigenvalue weighted by atomic mass is 10.1. The van der Waals surface area contributed by atoms with Gasteiger partial charge in [0.05, 0.1) is 5.56 Å². The SMILES string of the molecule is CCC(CC)N(CCCl)C(=O)c1c(C)oc(C)c1C. The van der Waals surface area contributed by atoms with Gasteiger partial charge in [-0.05, 0) is 33.6 Å². The zero-order valence-corrected chi connectivity index (χ0v) is 13.3. The highest BCUT2D eigenvalue weighted by atomic mass is 35.5. The van der Waals surface area contributed by atoms with E-state index >= 15 is 0 Å². The van der Waals surface area contributed by atoms with Gasteiger partial charge in [-0.15, -0.1) is 11.6 Å². The van der Waals surface area contributed by atoms with Crippen molar-refractivity contribution in [2.45, 2.75) is 53.5 Å². The average Bonchev–Trinajstić information content (AvgIpc) is 2.63. The molecule has 1 heterocycles. The predicted octanol–water partition coefficient (Wildman–Crippen LogP) is 4.07. The second-order valence-electron chi connectivity index (χ2n) is 4.87. The Kier molecular flexibility index (Phi) is 5.92. The summed E-state index contributed by atoms with van der Waals surface area (Å²) in [4.78, 5) is 14.6. The third-order valence-electron chi connectivity index (χ3n) is 3.74. The summed E-state index contributed by atoms with van der Waals surface area (Å²) in [5.41, 5.74) is 1.64. The van der Waals surface area contributed by atoms with Crippen LogP contribution in [0.25, 0.3) is 0 Å². The summed E-state index contributed by atoms with van der Waals surface area (Å²) >= 11 is 5.85. The molecule has 19 heavy (non-hydrogen) atoms. The van der Waals surface area contributed by atoms with Crippen LogP contribution in [0.5, 0.6) is 0 Å². The van der Waals surface area contributed by atoms with Gasteiger partial charge in [0.1, 0.15) is 11.5 Å². The minimum absolute atomic E-state index is 0.0428. The van der Waals surface area contributed by atoms with Crippen LogP contribution in [-0.2, 0) is 0 Å². The zero-order chi connectivity index (χ0) is 14.6. The van der Waals surface area contributed by atoms with Crippen molar-refractivity contribution in [3.63, 3.8) is 0 Å². The average molecular weight is 286 g/mol. The maximum atomic E-state index is 12.8. The van der Waals surface area contributed by atoms with Crippen LogP contribution in [0.15, 0.2) is 4.42 Å². The van der Waals surface area contributed by atoms with E-state index in [0.29, 0.717) is 23.7 Å². The summed E-state index contributed by atoms with van der Waals surface area (Å²) in [7, 11) is 0. The van der Waals surface area contributed by atoms with Crippen LogP contribution in [0.4, 0.5) is 0 Å². The Morgan fingerprint density at radius 1 is 1.21 bits per heavy atom. The molecule has 0 saturated carbocycles. The van der Waals surface area contributed by atoms with Crippen molar-refractivity contribution < 1.29 is 9.21 Å². The Labute approximate surface area is 120 Å². The van der Waals surface area contributed by atoms with Gasteiger partial charge in [0.2, 0.25) is 0 Å². The molecular weight excluding hydrogens is 262 g/mol. The Morgan fingerprint density at radius 2 is 1.79 bits per heavy atom. The molecule has 0 radical (unpaired) electrons. The number of carbonyl (C=O) groups excluding carboxylic acids is 1. The first-order chi connectivity index (χ1) is 8.97. The van der Waals surface area contributed by atoms with E-state index in [2.05, 4.69) is 13.8 Å². The fourth-order valence-electron chi connectivity index (χ4n) is 2.52. The molecule has 0 N–H and O–H groups in total. The highest BCUT2D eigenvalue weighted by molar-refractivity contribution is 6.18. The van der Waals surface area contributed by atoms with E-state index in [1.807, 2.05) is 25.7 Å². The molecule has 3 nitrogen and oxygen atoms in total. The first-order valence-corrected chi connectivity index (χ1v) is 7.44. The van der Waals surface area contributed by atoms with Crippen LogP contribution in [0, 0.1) is 20.8 Å². The van der Waals surface area contributed by atoms with Gasteiger partial charge in [0, 0.05) is 24.0 Å². The van der Waals surface area contributed by atoms with Crippen LogP contribution in [0.3, 0.4) is 0 Å². The zero-order valence-electron chi connectivity index (χ0n) is 12.5. The number of hydrogen-bond donors (Lipinski definition) is 0. The number of alkyl halides is 1. The van der Waals surface area contributed by atoms with Crippen molar-refractivity contribution in [1.82, 2.24) is 4.90 Å². The molecule has 0 aromatic carbocycles. The number of carbonyl (C=O) groups is 1. The van der Waals surface area contributed by atoms with Gasteiger partial charge in [-0.3, -0.25) is 4.79 Å². The highest BCUT2D eigenvalue weighted by Crippen LogP contribution is 2.24. The molecule has 1 aromatic heterocycles. The van der Waals surface area contributed by atoms with Gasteiger partial charge in [-0.1, -0.05) is 13.8 Å². The maximum absolute atomic E-state index is 12.8. The lowest BCUT2D eigenvalue weighted by Crippen LogP contribution is -2.41. The van der Waals surface area contributed by atoms with Crippen molar-refractivity contribution in [2.75, 3.05) is 12.4 Å². The second kappa shape index (κ2) is 6.99. The van der Waals surface area contributed by atoms with Crippen LogP contribution in [0.2, 0.25) is 0 Å². The van der Waals surface area contributed by atoms with Crippen molar-refractivity contribution in [2.24, 2.45) is 0 Å². The normalized spacial score (nSPS) is 11.1. The number of furan rings is 1. The molecular formula is C15H24ClNO2. The van der Waals surface area contributed by atoms with E-state index in [0.717, 1.165) is 24.2 Å². The molecule has 1 aromatic rings. The van der Waals surface area contributed by atoms with Crippen LogP contribution in [0.1, 0.15) is 54.1 Å². The number of nitrogens with zero attached hydrogens (tertiary/aromatic N) is 1. The largest absolute Gasteiger partial charge is 0.466 e. The Hall–Kier alpha value is -0.960. The number of halogens is 1. The molecule has 0 bridgehead atoms. The Morgan fingerprint density at radius 3 is 2.16 bits per heavy atom. The van der Waals surface area contributed by atoms with Gasteiger partial charge in [0.15, 0.2) is 0 Å². The van der Waals surface area contributed by atoms with Crippen molar-refractivity contribution in [3.05, 3.63) is 22.6 Å². The number of aryl methyl sites for hydroxylation is 2. The quantitative estimate of drug-likeness (QED) is 0.738. The lowest BCUT2D eigenvalue weighted by molar-refractivity contribution is 0.0679. The maximum Gasteiger partial charge on any atom is 0.257 e. The molecule has 0 aliphatic heterocycles. The van der Waals surface area contributed by atoms with Gasteiger partial charge in [-0.2, -0.15) is 0 Å². The molecule has 0 unspecified atom stereocenters. The first-order valence-electron chi connectivity index (χ1n) is 6.91. The molecule has 1 amide bonds. The lowest BCUT2D eigenvalue weighted by Gasteiger charge is -2.30. The van der Waals surface area contributed by atoms with E-state index in [-0.39, 0.29) is 11.9 Å². The summed E-state index contributed by atoms with van der Waals surface area (Å²) in [6, 6.07) is 0.236. The molecule has 0 aliphatic carbocycles. The molecule has 0 atom stereocenters. The highest BCUT2D eigenvalue weighted by Gasteiger charge is 2.27. The second-order valence-corrected chi connectivity index (χ2v) is 5.25. The van der Waals surface area contributed by atoms with Crippen molar-refractivity contribution >= 4 is 17.5 Å². The number of rotatable bonds is 6. The molecule has 0 fully saturated rings. The number of hydrogen-bond acceptors (Lipinski definition) is 2. The van der Waals surface area contributed by atoms with E-state index in [1.165, 1.54) is 0 Å².